The van der Waals surface area contributed by atoms with Crippen molar-refractivity contribution in [2.75, 3.05) is 57.4 Å². The van der Waals surface area contributed by atoms with E-state index in [-0.39, 0.29) is 47.0 Å². The highest BCUT2D eigenvalue weighted by Crippen LogP contribution is 2.44. The van der Waals surface area contributed by atoms with Crippen LogP contribution >= 0.6 is 11.3 Å². The van der Waals surface area contributed by atoms with E-state index in [1.54, 1.807) is 45.3 Å². The molecule has 4 rings (SSSR count). The highest BCUT2D eigenvalue weighted by atomic mass is 32.1. The third-order valence-electron chi connectivity index (χ3n) is 6.70. The highest BCUT2D eigenvalue weighted by molar-refractivity contribution is 7.20. The molecule has 0 fully saturated rings. The van der Waals surface area contributed by atoms with Crippen LogP contribution in [0, 0.1) is 11.6 Å². The number of amides is 4. The molecule has 2 aromatic carbocycles. The first-order chi connectivity index (χ1) is 22.4. The maximum atomic E-state index is 14.9. The van der Waals surface area contributed by atoms with Crippen LogP contribution in [0.25, 0.3) is 10.4 Å². The number of nitrogens with zero attached hydrogens (tertiary/aromatic N) is 5. The summed E-state index contributed by atoms with van der Waals surface area (Å²) in [6, 6.07) is 13.1. The number of urea groups is 1. The molecular formula is C32H35F2N7O5S. The minimum atomic E-state index is -0.903. The standard InChI is InChI=1S/C32H35F2N7O5S/c1-7-46-32(44)41(18-21-23(33)9-8-10-24(21)34)30-27(29(42)36-25-15-16-26(45-6)38-37-25)22(17-39(2)3)28(47-30)19-11-13-20(14-12-19)35-31(43)40(4)5/h8-16H,7,17-18H2,1-6H3,(H,35,43)(H,36,37,42). The zero-order chi connectivity index (χ0) is 34.2. The first-order valence-electron chi connectivity index (χ1n) is 14.4. The lowest BCUT2D eigenvalue weighted by molar-refractivity contribution is 0.102. The molecule has 0 aliphatic rings. The number of hydrogen-bond acceptors (Lipinski definition) is 9. The summed E-state index contributed by atoms with van der Waals surface area (Å²) < 4.78 is 40.2. The molecule has 0 unspecified atom stereocenters. The maximum absolute atomic E-state index is 14.9. The van der Waals surface area contributed by atoms with Crippen LogP contribution in [0.4, 0.5) is 34.9 Å². The van der Waals surface area contributed by atoms with E-state index in [0.29, 0.717) is 21.7 Å². The fraction of sp³-hybridized carbons (Fsp3) is 0.281. The summed E-state index contributed by atoms with van der Waals surface area (Å²) >= 11 is 1.09. The summed E-state index contributed by atoms with van der Waals surface area (Å²) in [5.41, 5.74) is 1.43. The van der Waals surface area contributed by atoms with Gasteiger partial charge in [0.05, 0.1) is 25.8 Å². The molecule has 0 spiro atoms. The van der Waals surface area contributed by atoms with E-state index in [0.717, 1.165) is 28.4 Å². The van der Waals surface area contributed by atoms with E-state index < -0.39 is 30.2 Å². The number of carbonyl (C=O) groups excluding carboxylic acids is 3. The molecular weight excluding hydrogens is 632 g/mol. The van der Waals surface area contributed by atoms with Gasteiger partial charge in [0.15, 0.2) is 5.82 Å². The average Bonchev–Trinajstić information content (AvgIpc) is 3.39. The molecule has 4 amide bonds. The summed E-state index contributed by atoms with van der Waals surface area (Å²) in [6.07, 6.45) is -0.903. The Hall–Kier alpha value is -5.15. The number of rotatable bonds is 11. The lowest BCUT2D eigenvalue weighted by Crippen LogP contribution is -2.33. The van der Waals surface area contributed by atoms with Gasteiger partial charge >= 0.3 is 12.1 Å². The van der Waals surface area contributed by atoms with Crippen LogP contribution in [0.15, 0.2) is 54.6 Å². The van der Waals surface area contributed by atoms with Crippen LogP contribution in [0.5, 0.6) is 5.88 Å². The van der Waals surface area contributed by atoms with Gasteiger partial charge in [-0.2, -0.15) is 0 Å². The Kier molecular flexibility index (Phi) is 11.4. The summed E-state index contributed by atoms with van der Waals surface area (Å²) in [5, 5.41) is 13.5. The number of halogens is 2. The quantitative estimate of drug-likeness (QED) is 0.198. The van der Waals surface area contributed by atoms with Crippen LogP contribution in [0.2, 0.25) is 0 Å². The molecule has 12 nitrogen and oxygen atoms in total. The monoisotopic (exact) mass is 667 g/mol. The molecule has 4 aromatic rings. The van der Waals surface area contributed by atoms with Gasteiger partial charge in [-0.1, -0.05) is 18.2 Å². The summed E-state index contributed by atoms with van der Waals surface area (Å²) in [6.45, 7) is 1.26. The van der Waals surface area contributed by atoms with Crippen LogP contribution in [0.3, 0.4) is 0 Å². The van der Waals surface area contributed by atoms with Gasteiger partial charge in [0.25, 0.3) is 5.91 Å². The van der Waals surface area contributed by atoms with E-state index in [1.165, 1.54) is 30.2 Å². The molecule has 47 heavy (non-hydrogen) atoms. The van der Waals surface area contributed by atoms with Crippen LogP contribution in [-0.2, 0) is 17.8 Å². The Bertz CT molecular complexity index is 1710. The molecule has 0 saturated carbocycles. The number of nitrogens with one attached hydrogen (secondary N) is 2. The number of methoxy groups -OCH3 is 1. The predicted molar refractivity (Wildman–Crippen MR) is 176 cm³/mol. The van der Waals surface area contributed by atoms with E-state index >= 15 is 0 Å². The third-order valence-corrected chi connectivity index (χ3v) is 8.00. The molecule has 2 aromatic heterocycles. The van der Waals surface area contributed by atoms with Crippen molar-refractivity contribution in [2.45, 2.75) is 20.0 Å². The van der Waals surface area contributed by atoms with Gasteiger partial charge in [0.1, 0.15) is 16.6 Å². The highest BCUT2D eigenvalue weighted by Gasteiger charge is 2.33. The molecule has 2 heterocycles. The van der Waals surface area contributed by atoms with Gasteiger partial charge in [0.2, 0.25) is 5.88 Å². The normalized spacial score (nSPS) is 10.8. The Morgan fingerprint density at radius 1 is 0.872 bits per heavy atom. The second-order valence-corrected chi connectivity index (χ2v) is 11.6. The minimum Gasteiger partial charge on any atom is -0.480 e. The van der Waals surface area contributed by atoms with Crippen molar-refractivity contribution in [1.29, 1.82) is 0 Å². The van der Waals surface area contributed by atoms with Crippen molar-refractivity contribution in [3.63, 3.8) is 0 Å². The van der Waals surface area contributed by atoms with Gasteiger partial charge in [-0.15, -0.1) is 21.5 Å². The second kappa shape index (κ2) is 15.4. The minimum absolute atomic E-state index is 0.0268. The van der Waals surface area contributed by atoms with Crippen molar-refractivity contribution < 1.29 is 32.6 Å². The first kappa shape index (κ1) is 34.7. The molecule has 15 heteroatoms. The molecule has 2 N–H and O–H groups in total. The van der Waals surface area contributed by atoms with Crippen molar-refractivity contribution in [1.82, 2.24) is 20.0 Å². The molecule has 248 valence electrons. The maximum Gasteiger partial charge on any atom is 0.415 e. The van der Waals surface area contributed by atoms with Crippen LogP contribution in [0.1, 0.15) is 28.4 Å². The number of carbonyl (C=O) groups is 3. The summed E-state index contributed by atoms with van der Waals surface area (Å²) in [7, 11) is 8.30. The lowest BCUT2D eigenvalue weighted by Gasteiger charge is -2.23. The summed E-state index contributed by atoms with van der Waals surface area (Å²) in [4.78, 5) is 44.7. The van der Waals surface area contributed by atoms with Crippen molar-refractivity contribution >= 4 is 45.9 Å². The van der Waals surface area contributed by atoms with Crippen molar-refractivity contribution in [3.05, 3.63) is 82.9 Å². The fourth-order valence-electron chi connectivity index (χ4n) is 4.45. The summed E-state index contributed by atoms with van der Waals surface area (Å²) in [5.74, 6) is -2.02. The van der Waals surface area contributed by atoms with Gasteiger partial charge in [-0.05, 0) is 62.5 Å². The number of aromatic nitrogens is 2. The van der Waals surface area contributed by atoms with Gasteiger partial charge in [-0.3, -0.25) is 9.69 Å². The zero-order valence-electron chi connectivity index (χ0n) is 26.8. The van der Waals surface area contributed by atoms with Crippen molar-refractivity contribution in [2.24, 2.45) is 0 Å². The van der Waals surface area contributed by atoms with Gasteiger partial charge < -0.3 is 29.9 Å². The van der Waals surface area contributed by atoms with Gasteiger partial charge in [-0.25, -0.2) is 18.4 Å². The Morgan fingerprint density at radius 2 is 1.55 bits per heavy atom. The van der Waals surface area contributed by atoms with E-state index in [9.17, 15) is 23.2 Å². The molecule has 0 radical (unpaired) electrons. The van der Waals surface area contributed by atoms with Crippen LogP contribution < -0.4 is 20.3 Å². The molecule has 0 bridgehead atoms. The molecule has 0 saturated heterocycles. The number of benzene rings is 2. The Balaban J connectivity index is 1.92. The Labute approximate surface area is 274 Å². The largest absolute Gasteiger partial charge is 0.480 e. The number of thiophene rings is 1. The third kappa shape index (κ3) is 8.37. The SMILES string of the molecule is CCOC(=O)N(Cc1c(F)cccc1F)c1sc(-c2ccc(NC(=O)N(C)C)cc2)c(CN(C)C)c1C(=O)Nc1ccc(OC)nn1. The van der Waals surface area contributed by atoms with Crippen LogP contribution in [-0.4, -0.2) is 79.9 Å². The Morgan fingerprint density at radius 3 is 2.11 bits per heavy atom. The first-order valence-corrected chi connectivity index (χ1v) is 15.2. The molecule has 0 atom stereocenters. The number of ether oxygens (including phenoxy) is 2. The molecule has 0 aliphatic carbocycles. The fourth-order valence-corrected chi connectivity index (χ4v) is 5.76. The lowest BCUT2D eigenvalue weighted by atomic mass is 10.0. The molecule has 0 aliphatic heterocycles. The number of anilines is 3. The topological polar surface area (TPSA) is 129 Å². The van der Waals surface area contributed by atoms with E-state index in [2.05, 4.69) is 20.8 Å². The van der Waals surface area contributed by atoms with Crippen molar-refractivity contribution in [3.8, 4) is 16.3 Å². The predicted octanol–water partition coefficient (Wildman–Crippen LogP) is 6.06. The number of hydrogen-bond donors (Lipinski definition) is 2. The second-order valence-electron chi connectivity index (χ2n) is 10.6. The smallest absolute Gasteiger partial charge is 0.415 e. The average molecular weight is 668 g/mol. The van der Waals surface area contributed by atoms with Gasteiger partial charge in [0, 0.05) is 42.8 Å². The zero-order valence-corrected chi connectivity index (χ0v) is 27.6. The van der Waals surface area contributed by atoms with E-state index in [4.69, 9.17) is 9.47 Å². The van der Waals surface area contributed by atoms with E-state index in [1.807, 2.05) is 19.0 Å².